The van der Waals surface area contributed by atoms with Gasteiger partial charge in [-0.05, 0) is 60.6 Å². The van der Waals surface area contributed by atoms with Gasteiger partial charge in [0.15, 0.2) is 5.96 Å². The van der Waals surface area contributed by atoms with E-state index < -0.39 is 48.0 Å². The van der Waals surface area contributed by atoms with E-state index in [4.69, 9.17) is 59.9 Å². The summed E-state index contributed by atoms with van der Waals surface area (Å²) in [5.41, 5.74) is 35.2. The summed E-state index contributed by atoms with van der Waals surface area (Å²) in [5, 5.41) is 44.1. The van der Waals surface area contributed by atoms with Crippen LogP contribution in [-0.4, -0.2) is 91.1 Å². The predicted octanol–water partition coefficient (Wildman–Crippen LogP) is 0.562. The molecule has 18 N–H and O–H groups in total. The summed E-state index contributed by atoms with van der Waals surface area (Å²) in [6.45, 7) is 0.420. The number of nitrogens with zero attached hydrogens (tertiary/aromatic N) is 1. The number of nitrogens with one attached hydrogen (secondary N) is 1. The molecule has 0 radical (unpaired) electrons. The molecule has 4 aromatic rings. The van der Waals surface area contributed by atoms with Crippen molar-refractivity contribution in [2.75, 3.05) is 6.54 Å². The molecule has 0 fully saturated rings. The summed E-state index contributed by atoms with van der Waals surface area (Å²) < 4.78 is 0. The largest absolute Gasteiger partial charge is 0.508 e. The molecule has 3 aromatic carbocycles. The molecular formula is C35H48N8O9. The topological polar surface area (TPSA) is 354 Å². The van der Waals surface area contributed by atoms with Gasteiger partial charge in [-0.2, -0.15) is 0 Å². The maximum atomic E-state index is 10.6. The number of guanidine groups is 1. The molecule has 282 valence electrons. The number of aliphatic carboxylic acids is 4. The smallest absolute Gasteiger partial charge is 0.320 e. The van der Waals surface area contributed by atoms with Gasteiger partial charge in [0.2, 0.25) is 0 Å². The van der Waals surface area contributed by atoms with Crippen molar-refractivity contribution in [3.63, 3.8) is 0 Å². The molecule has 0 saturated carbocycles. The van der Waals surface area contributed by atoms with E-state index in [0.717, 1.165) is 27.6 Å². The van der Waals surface area contributed by atoms with E-state index >= 15 is 0 Å². The van der Waals surface area contributed by atoms with Crippen molar-refractivity contribution in [2.45, 2.75) is 56.3 Å². The minimum Gasteiger partial charge on any atom is -0.508 e. The van der Waals surface area contributed by atoms with Crippen molar-refractivity contribution in [2.24, 2.45) is 39.4 Å². The van der Waals surface area contributed by atoms with Gasteiger partial charge in [0.1, 0.15) is 29.9 Å². The second-order valence-electron chi connectivity index (χ2n) is 11.4. The van der Waals surface area contributed by atoms with Gasteiger partial charge in [-0.15, -0.1) is 0 Å². The summed E-state index contributed by atoms with van der Waals surface area (Å²) in [5.74, 6) is -3.78. The van der Waals surface area contributed by atoms with Crippen LogP contribution in [0.1, 0.15) is 29.5 Å². The van der Waals surface area contributed by atoms with Crippen LogP contribution in [0.4, 0.5) is 0 Å². The zero-order chi connectivity index (χ0) is 39.2. The Kier molecular flexibility index (Phi) is 19.8. The Balaban J connectivity index is 0.000000349. The minimum atomic E-state index is -1.02. The first-order valence-corrected chi connectivity index (χ1v) is 15.9. The Labute approximate surface area is 299 Å². The van der Waals surface area contributed by atoms with Crippen LogP contribution in [0.2, 0.25) is 0 Å². The van der Waals surface area contributed by atoms with Crippen molar-refractivity contribution in [1.29, 1.82) is 0 Å². The Morgan fingerprint density at radius 2 is 1.08 bits per heavy atom. The summed E-state index contributed by atoms with van der Waals surface area (Å²) in [6.07, 6.45) is 3.77. The SMILES string of the molecule is NC(N)=NCCC[C@H](N)C(=O)O.N[C@@H](Cc1c[nH]c2ccccc12)C(=O)O.N[C@@H](Cc1ccc(O)cc1)C(=O)O.N[C@@H](Cc1ccccc1)C(=O)O. The number of H-pyrrole nitrogens is 1. The maximum Gasteiger partial charge on any atom is 0.320 e. The average molecular weight is 725 g/mol. The van der Waals surface area contributed by atoms with Gasteiger partial charge in [-0.1, -0.05) is 60.7 Å². The lowest BCUT2D eigenvalue weighted by molar-refractivity contribution is -0.139. The van der Waals surface area contributed by atoms with E-state index in [0.29, 0.717) is 32.2 Å². The summed E-state index contributed by atoms with van der Waals surface area (Å²) in [6, 6.07) is 20.1. The number of fused-ring (bicyclic) bond motifs is 1. The second-order valence-corrected chi connectivity index (χ2v) is 11.4. The van der Waals surface area contributed by atoms with E-state index in [1.54, 1.807) is 12.1 Å². The van der Waals surface area contributed by atoms with Crippen molar-refractivity contribution >= 4 is 40.7 Å². The van der Waals surface area contributed by atoms with Gasteiger partial charge < -0.3 is 64.9 Å². The second kappa shape index (κ2) is 23.4. The van der Waals surface area contributed by atoms with Gasteiger partial charge in [0.25, 0.3) is 0 Å². The van der Waals surface area contributed by atoms with Gasteiger partial charge in [-0.3, -0.25) is 24.2 Å². The molecule has 4 atom stereocenters. The van der Waals surface area contributed by atoms with Crippen LogP contribution in [0.15, 0.2) is 90.1 Å². The highest BCUT2D eigenvalue weighted by Gasteiger charge is 2.15. The average Bonchev–Trinajstić information content (AvgIpc) is 3.51. The fourth-order valence-electron chi connectivity index (χ4n) is 4.20. The molecule has 17 heteroatoms. The number of hydrogen-bond donors (Lipinski definition) is 12. The van der Waals surface area contributed by atoms with Crippen molar-refractivity contribution in [3.05, 3.63) is 102 Å². The molecule has 17 nitrogen and oxygen atoms in total. The highest BCUT2D eigenvalue weighted by Crippen LogP contribution is 2.18. The van der Waals surface area contributed by atoms with E-state index in [-0.39, 0.29) is 18.1 Å². The molecule has 0 unspecified atom stereocenters. The zero-order valence-corrected chi connectivity index (χ0v) is 28.4. The highest BCUT2D eigenvalue weighted by molar-refractivity contribution is 5.84. The molecular weight excluding hydrogens is 676 g/mol. The first-order valence-electron chi connectivity index (χ1n) is 15.9. The number of aromatic amines is 1. The lowest BCUT2D eigenvalue weighted by atomic mass is 10.1. The van der Waals surface area contributed by atoms with Gasteiger partial charge in [-0.25, -0.2) is 0 Å². The monoisotopic (exact) mass is 724 g/mol. The first kappa shape index (κ1) is 44.0. The van der Waals surface area contributed by atoms with Crippen LogP contribution in [0, 0.1) is 0 Å². The van der Waals surface area contributed by atoms with Crippen LogP contribution in [0.3, 0.4) is 0 Å². The first-order chi connectivity index (χ1) is 24.5. The van der Waals surface area contributed by atoms with Crippen molar-refractivity contribution in [1.82, 2.24) is 4.98 Å². The Hall–Kier alpha value is -6.01. The predicted molar refractivity (Wildman–Crippen MR) is 196 cm³/mol. The fraction of sp³-hybridized carbons (Fsp3) is 0.286. The number of carbonyl (C=O) groups is 4. The number of nitrogens with two attached hydrogens (primary N) is 6. The van der Waals surface area contributed by atoms with E-state index in [2.05, 4.69) is 9.98 Å². The number of para-hydroxylation sites is 1. The number of aliphatic imine (C=N–C) groups is 1. The number of carboxylic acid groups (broad SMARTS) is 4. The minimum absolute atomic E-state index is 0.0129. The molecule has 1 heterocycles. The number of benzene rings is 3. The number of hydrogen-bond acceptors (Lipinski definition) is 10. The number of phenols is 1. The molecule has 52 heavy (non-hydrogen) atoms. The maximum absolute atomic E-state index is 10.6. The summed E-state index contributed by atoms with van der Waals surface area (Å²) in [7, 11) is 0. The number of aromatic hydroxyl groups is 1. The van der Waals surface area contributed by atoms with E-state index in [9.17, 15) is 19.2 Å². The number of rotatable bonds is 14. The third kappa shape index (κ3) is 18.1. The van der Waals surface area contributed by atoms with E-state index in [1.165, 1.54) is 12.1 Å². The molecule has 0 saturated heterocycles. The summed E-state index contributed by atoms with van der Waals surface area (Å²) in [4.78, 5) is 48.4. The number of aromatic nitrogens is 1. The van der Waals surface area contributed by atoms with Gasteiger partial charge >= 0.3 is 23.9 Å². The Morgan fingerprint density at radius 3 is 1.58 bits per heavy atom. The lowest BCUT2D eigenvalue weighted by Gasteiger charge is -2.05. The zero-order valence-electron chi connectivity index (χ0n) is 28.4. The number of phenolic OH excluding ortho intramolecular Hbond substituents is 1. The molecule has 0 amide bonds. The van der Waals surface area contributed by atoms with Crippen LogP contribution in [0.5, 0.6) is 5.75 Å². The van der Waals surface area contributed by atoms with Gasteiger partial charge in [0, 0.05) is 30.1 Å². The van der Waals surface area contributed by atoms with Crippen molar-refractivity contribution in [3.8, 4) is 5.75 Å². The van der Waals surface area contributed by atoms with Crippen LogP contribution < -0.4 is 34.4 Å². The Morgan fingerprint density at radius 1 is 0.615 bits per heavy atom. The molecule has 0 spiro atoms. The third-order valence-electron chi connectivity index (χ3n) is 7.04. The van der Waals surface area contributed by atoms with Crippen LogP contribution >= 0.6 is 0 Å². The fourth-order valence-corrected chi connectivity index (χ4v) is 4.20. The summed E-state index contributed by atoms with van der Waals surface area (Å²) >= 11 is 0. The van der Waals surface area contributed by atoms with Gasteiger partial charge in [0.05, 0.1) is 0 Å². The van der Waals surface area contributed by atoms with Crippen LogP contribution in [-0.2, 0) is 38.4 Å². The molecule has 1 aromatic heterocycles. The molecule has 4 rings (SSSR count). The number of carboxylic acids is 4. The third-order valence-corrected chi connectivity index (χ3v) is 7.04. The lowest BCUT2D eigenvalue weighted by Crippen LogP contribution is -2.32. The Bertz CT molecular complexity index is 1710. The van der Waals surface area contributed by atoms with Crippen molar-refractivity contribution < 1.29 is 44.7 Å². The highest BCUT2D eigenvalue weighted by atomic mass is 16.4. The molecule has 0 aliphatic carbocycles. The quantitative estimate of drug-likeness (QED) is 0.0480. The standard InChI is InChI=1S/C11H12N2O2.C9H11NO3.C9H11NO2.C6H14N4O2/c12-9(11(14)15)5-7-6-13-10-4-2-1-3-8(7)10;10-8(9(12)13)5-6-1-3-7(11)4-2-6;10-8(9(11)12)6-7-4-2-1-3-5-7;7-4(5(11)12)2-1-3-10-6(8)9/h1-4,6,9,13H,5,12H2,(H,14,15);1-4,8,11H,5,10H2,(H,12,13);1-5,8H,6,10H2,(H,11,12);4H,1-3,7H2,(H,11,12)(H4,8,9,10)/t9-;2*8-;4-/m0000/s1. The molecule has 0 aliphatic rings. The molecule has 0 aliphatic heterocycles. The van der Waals surface area contributed by atoms with E-state index in [1.807, 2.05) is 60.8 Å². The van der Waals surface area contributed by atoms with Crippen LogP contribution in [0.25, 0.3) is 10.9 Å². The molecule has 0 bridgehead atoms. The normalized spacial score (nSPS) is 12.5.